The van der Waals surface area contributed by atoms with Gasteiger partial charge in [-0.2, -0.15) is 0 Å². The van der Waals surface area contributed by atoms with Crippen LogP contribution in [0.4, 0.5) is 4.79 Å². The number of hydrogen-bond donors (Lipinski definition) is 1. The second kappa shape index (κ2) is 9.15. The van der Waals surface area contributed by atoms with E-state index in [1.807, 2.05) is 72.8 Å². The molecule has 0 radical (unpaired) electrons. The normalized spacial score (nSPS) is 11.8. The first kappa shape index (κ1) is 20.3. The Labute approximate surface area is 169 Å². The fourth-order valence-corrected chi connectivity index (χ4v) is 3.51. The van der Waals surface area contributed by atoms with E-state index in [1.165, 1.54) is 13.8 Å². The molecule has 0 saturated carbocycles. The molecule has 0 heterocycles. The zero-order chi connectivity index (χ0) is 20.8. The molecule has 29 heavy (non-hydrogen) atoms. The topological polar surface area (TPSA) is 72.5 Å². The Hall–Kier alpha value is -3.47. The number of carbonyl (C=O) groups is 3. The molecule has 5 heteroatoms. The van der Waals surface area contributed by atoms with Crippen LogP contribution >= 0.6 is 0 Å². The van der Waals surface area contributed by atoms with Crippen LogP contribution in [0.5, 0.6) is 0 Å². The lowest BCUT2D eigenvalue weighted by Gasteiger charge is -2.26. The van der Waals surface area contributed by atoms with Crippen molar-refractivity contribution in [1.82, 2.24) is 5.32 Å². The number of fused-ring (bicyclic) bond motifs is 1. The van der Waals surface area contributed by atoms with Gasteiger partial charge in [0, 0.05) is 0 Å². The zero-order valence-corrected chi connectivity index (χ0v) is 16.4. The van der Waals surface area contributed by atoms with Gasteiger partial charge in [0.05, 0.1) is 6.04 Å². The summed E-state index contributed by atoms with van der Waals surface area (Å²) in [5.41, 5.74) is 1.55. The maximum atomic E-state index is 12.5. The molecule has 0 aliphatic carbocycles. The Morgan fingerprint density at radius 3 is 2.14 bits per heavy atom. The number of hydrogen-bond acceptors (Lipinski definition) is 4. The van der Waals surface area contributed by atoms with E-state index in [-0.39, 0.29) is 18.2 Å². The molecule has 0 aliphatic rings. The fourth-order valence-electron chi connectivity index (χ4n) is 3.51. The van der Waals surface area contributed by atoms with Gasteiger partial charge in [-0.15, -0.1) is 0 Å². The molecule has 1 atom stereocenters. The summed E-state index contributed by atoms with van der Waals surface area (Å²) in [5, 5.41) is 4.59. The standard InChI is InChI=1S/C24H23NO4/c1-16(26)22(17(2)27)23(21-14-8-12-19-11-6-7-13-20(19)21)25-24(28)29-15-18-9-4-3-5-10-18/h3-14,22-23H,15H2,1-2H3,(H,25,28)/t23-/m0/s1. The molecule has 1 amide bonds. The lowest BCUT2D eigenvalue weighted by molar-refractivity contribution is -0.131. The van der Waals surface area contributed by atoms with E-state index in [1.54, 1.807) is 0 Å². The molecule has 1 N–H and O–H groups in total. The van der Waals surface area contributed by atoms with Crippen molar-refractivity contribution in [3.8, 4) is 0 Å². The Morgan fingerprint density at radius 1 is 0.828 bits per heavy atom. The minimum Gasteiger partial charge on any atom is -0.445 e. The first-order valence-electron chi connectivity index (χ1n) is 9.43. The fraction of sp³-hybridized carbons (Fsp3) is 0.208. The molecule has 0 spiro atoms. The Kier molecular flexibility index (Phi) is 6.39. The molecule has 0 aliphatic heterocycles. The zero-order valence-electron chi connectivity index (χ0n) is 16.4. The van der Waals surface area contributed by atoms with Crippen molar-refractivity contribution in [1.29, 1.82) is 0 Å². The van der Waals surface area contributed by atoms with Crippen LogP contribution in [-0.2, 0) is 20.9 Å². The molecule has 148 valence electrons. The van der Waals surface area contributed by atoms with Crippen LogP contribution in [0.2, 0.25) is 0 Å². The number of amides is 1. The van der Waals surface area contributed by atoms with Crippen LogP contribution in [0.1, 0.15) is 31.0 Å². The average molecular weight is 389 g/mol. The molecule has 0 unspecified atom stereocenters. The summed E-state index contributed by atoms with van der Waals surface area (Å²) in [6.45, 7) is 2.82. The molecule has 0 saturated heterocycles. The number of ether oxygens (including phenoxy) is 1. The second-order valence-corrected chi connectivity index (χ2v) is 6.95. The first-order chi connectivity index (χ1) is 14.0. The Bertz CT molecular complexity index is 1010. The van der Waals surface area contributed by atoms with Crippen LogP contribution in [0.3, 0.4) is 0 Å². The van der Waals surface area contributed by atoms with E-state index >= 15 is 0 Å². The van der Waals surface area contributed by atoms with Crippen molar-refractivity contribution in [2.24, 2.45) is 5.92 Å². The van der Waals surface area contributed by atoms with Crippen molar-refractivity contribution < 1.29 is 19.1 Å². The van der Waals surface area contributed by atoms with E-state index in [2.05, 4.69) is 5.32 Å². The number of nitrogens with one attached hydrogen (secondary N) is 1. The van der Waals surface area contributed by atoms with Crippen molar-refractivity contribution in [2.45, 2.75) is 26.5 Å². The summed E-state index contributed by atoms with van der Waals surface area (Å²) in [7, 11) is 0. The van der Waals surface area contributed by atoms with E-state index in [4.69, 9.17) is 4.74 Å². The van der Waals surface area contributed by atoms with Crippen LogP contribution < -0.4 is 5.32 Å². The van der Waals surface area contributed by atoms with Crippen LogP contribution in [0, 0.1) is 5.92 Å². The lowest BCUT2D eigenvalue weighted by atomic mass is 9.85. The summed E-state index contributed by atoms with van der Waals surface area (Å²) in [4.78, 5) is 37.1. The molecule has 3 rings (SSSR count). The maximum absolute atomic E-state index is 12.5. The third kappa shape index (κ3) is 4.88. The quantitative estimate of drug-likeness (QED) is 0.600. The number of rotatable bonds is 7. The van der Waals surface area contributed by atoms with Gasteiger partial charge in [-0.3, -0.25) is 9.59 Å². The third-order valence-electron chi connectivity index (χ3n) is 4.85. The molecule has 0 fully saturated rings. The molecule has 3 aromatic carbocycles. The predicted octanol–water partition coefficient (Wildman–Crippen LogP) is 4.60. The van der Waals surface area contributed by atoms with Gasteiger partial charge in [-0.05, 0) is 35.7 Å². The highest BCUT2D eigenvalue weighted by Crippen LogP contribution is 2.30. The number of alkyl carbamates (subject to hydrolysis) is 1. The van der Waals surface area contributed by atoms with Crippen molar-refractivity contribution >= 4 is 28.4 Å². The Balaban J connectivity index is 1.92. The summed E-state index contributed by atoms with van der Waals surface area (Å²) < 4.78 is 5.33. The lowest BCUT2D eigenvalue weighted by Crippen LogP contribution is -2.39. The van der Waals surface area contributed by atoms with Crippen LogP contribution in [0.15, 0.2) is 72.8 Å². The molecular formula is C24H23NO4. The van der Waals surface area contributed by atoms with Gasteiger partial charge in [-0.25, -0.2) is 4.79 Å². The van der Waals surface area contributed by atoms with Gasteiger partial charge in [0.1, 0.15) is 24.1 Å². The SMILES string of the molecule is CC(=O)C(C(C)=O)[C@@H](NC(=O)OCc1ccccc1)c1cccc2ccccc12. The predicted molar refractivity (Wildman–Crippen MR) is 111 cm³/mol. The molecule has 3 aromatic rings. The Morgan fingerprint density at radius 2 is 1.45 bits per heavy atom. The van der Waals surface area contributed by atoms with E-state index < -0.39 is 18.1 Å². The third-order valence-corrected chi connectivity index (χ3v) is 4.85. The molecular weight excluding hydrogens is 366 g/mol. The van der Waals surface area contributed by atoms with Gasteiger partial charge in [0.2, 0.25) is 0 Å². The average Bonchev–Trinajstić information content (AvgIpc) is 2.71. The number of benzene rings is 3. The van der Waals surface area contributed by atoms with Gasteiger partial charge in [0.25, 0.3) is 0 Å². The minimum absolute atomic E-state index is 0.0970. The van der Waals surface area contributed by atoms with Crippen LogP contribution in [0.25, 0.3) is 10.8 Å². The highest BCUT2D eigenvalue weighted by molar-refractivity contribution is 6.02. The van der Waals surface area contributed by atoms with Gasteiger partial charge >= 0.3 is 6.09 Å². The van der Waals surface area contributed by atoms with Crippen LogP contribution in [-0.4, -0.2) is 17.7 Å². The minimum atomic E-state index is -0.995. The highest BCUT2D eigenvalue weighted by atomic mass is 16.5. The molecule has 0 aromatic heterocycles. The smallest absolute Gasteiger partial charge is 0.407 e. The van der Waals surface area contributed by atoms with Gasteiger partial charge in [0.15, 0.2) is 0 Å². The summed E-state index contributed by atoms with van der Waals surface area (Å²) >= 11 is 0. The van der Waals surface area contributed by atoms with Gasteiger partial charge < -0.3 is 10.1 Å². The highest BCUT2D eigenvalue weighted by Gasteiger charge is 2.33. The van der Waals surface area contributed by atoms with Crippen molar-refractivity contribution in [3.63, 3.8) is 0 Å². The summed E-state index contributed by atoms with van der Waals surface area (Å²) in [6.07, 6.45) is -0.681. The molecule has 5 nitrogen and oxygen atoms in total. The molecule has 0 bridgehead atoms. The van der Waals surface area contributed by atoms with E-state index in [0.717, 1.165) is 16.3 Å². The largest absolute Gasteiger partial charge is 0.445 e. The van der Waals surface area contributed by atoms with Crippen molar-refractivity contribution in [3.05, 3.63) is 83.9 Å². The first-order valence-corrected chi connectivity index (χ1v) is 9.43. The summed E-state index contributed by atoms with van der Waals surface area (Å²) in [6, 6.07) is 21.7. The second-order valence-electron chi connectivity index (χ2n) is 6.95. The van der Waals surface area contributed by atoms with Gasteiger partial charge in [-0.1, -0.05) is 72.8 Å². The van der Waals surface area contributed by atoms with Crippen molar-refractivity contribution in [2.75, 3.05) is 0 Å². The number of carbonyl (C=O) groups excluding carboxylic acids is 3. The number of Topliss-reactive ketones (excluding diaryl/α,β-unsaturated/α-hetero) is 2. The monoisotopic (exact) mass is 389 g/mol. The van der Waals surface area contributed by atoms with E-state index in [9.17, 15) is 14.4 Å². The number of ketones is 2. The maximum Gasteiger partial charge on any atom is 0.407 e. The van der Waals surface area contributed by atoms with E-state index in [0.29, 0.717) is 5.56 Å². The summed E-state index contributed by atoms with van der Waals surface area (Å²) in [5.74, 6) is -1.61.